The largest absolute Gasteiger partial charge is 0.481 e. The van der Waals surface area contributed by atoms with Gasteiger partial charge in [-0.15, -0.1) is 0 Å². The number of hydrogen-bond acceptors (Lipinski definition) is 3. The molecule has 0 saturated heterocycles. The molecule has 0 heterocycles. The number of aliphatic carboxylic acids is 1. The van der Waals surface area contributed by atoms with Crippen molar-refractivity contribution in [1.29, 1.82) is 0 Å². The molecule has 0 aromatic heterocycles. The van der Waals surface area contributed by atoms with Crippen LogP contribution in [-0.2, 0) is 4.79 Å². The van der Waals surface area contributed by atoms with Crippen LogP contribution >= 0.6 is 11.8 Å². The predicted octanol–water partition coefficient (Wildman–Crippen LogP) is 4.43. The summed E-state index contributed by atoms with van der Waals surface area (Å²) in [5, 5.41) is 21.4. The van der Waals surface area contributed by atoms with Crippen LogP contribution in [0.25, 0.3) is 0 Å². The highest BCUT2D eigenvalue weighted by atomic mass is 32.2. The van der Waals surface area contributed by atoms with Crippen LogP contribution in [0.15, 0.2) is 0 Å². The SMILES string of the molecule is CSC[C@@H]1[C@H]2CC[C@@]3(CC[C@H]4[C@@](C)(CCC[C@@]4(C)C(=O)O)[C@@H]3C2)[C@H]1O. The molecule has 5 aliphatic rings. The molecule has 5 rings (SSSR count). The highest BCUT2D eigenvalue weighted by Crippen LogP contribution is 2.72. The molecule has 25 heavy (non-hydrogen) atoms. The van der Waals surface area contributed by atoms with E-state index in [0.29, 0.717) is 17.8 Å². The smallest absolute Gasteiger partial charge is 0.309 e. The van der Waals surface area contributed by atoms with Crippen molar-refractivity contribution in [3.8, 4) is 0 Å². The first-order valence-electron chi connectivity index (χ1n) is 10.2. The van der Waals surface area contributed by atoms with Gasteiger partial charge >= 0.3 is 5.97 Å². The summed E-state index contributed by atoms with van der Waals surface area (Å²) in [6, 6.07) is 0. The first-order valence-corrected chi connectivity index (χ1v) is 11.6. The zero-order chi connectivity index (χ0) is 18.0. The van der Waals surface area contributed by atoms with Gasteiger partial charge in [-0.25, -0.2) is 0 Å². The number of carboxylic acid groups (broad SMARTS) is 1. The van der Waals surface area contributed by atoms with E-state index in [4.69, 9.17) is 0 Å². The Labute approximate surface area is 156 Å². The molecule has 3 nitrogen and oxygen atoms in total. The normalized spacial score (nSPS) is 54.6. The molecule has 5 fully saturated rings. The number of fused-ring (bicyclic) bond motifs is 3. The highest BCUT2D eigenvalue weighted by molar-refractivity contribution is 7.98. The van der Waals surface area contributed by atoms with Gasteiger partial charge in [-0.05, 0) is 98.4 Å². The highest BCUT2D eigenvalue weighted by Gasteiger charge is 2.68. The third kappa shape index (κ3) is 2.25. The summed E-state index contributed by atoms with van der Waals surface area (Å²) < 4.78 is 0. The van der Waals surface area contributed by atoms with Crippen molar-refractivity contribution in [2.75, 3.05) is 12.0 Å². The number of rotatable bonds is 3. The zero-order valence-electron chi connectivity index (χ0n) is 16.0. The van der Waals surface area contributed by atoms with Crippen molar-refractivity contribution in [3.63, 3.8) is 0 Å². The molecule has 142 valence electrons. The van der Waals surface area contributed by atoms with Crippen LogP contribution in [0.5, 0.6) is 0 Å². The summed E-state index contributed by atoms with van der Waals surface area (Å²) in [4.78, 5) is 12.1. The number of thioether (sulfide) groups is 1. The molecule has 5 aliphatic carbocycles. The maximum Gasteiger partial charge on any atom is 0.309 e. The lowest BCUT2D eigenvalue weighted by Gasteiger charge is -2.70. The summed E-state index contributed by atoms with van der Waals surface area (Å²) >= 11 is 1.88. The summed E-state index contributed by atoms with van der Waals surface area (Å²) in [6.07, 6.45) is 10.7. The van der Waals surface area contributed by atoms with Crippen molar-refractivity contribution in [2.45, 2.75) is 71.3 Å². The summed E-state index contributed by atoms with van der Waals surface area (Å²) in [5.74, 6) is 2.36. The van der Waals surface area contributed by atoms with Crippen LogP contribution in [0, 0.1) is 39.9 Å². The average Bonchev–Trinajstić information content (AvgIpc) is 2.57. The monoisotopic (exact) mass is 366 g/mol. The topological polar surface area (TPSA) is 57.5 Å². The summed E-state index contributed by atoms with van der Waals surface area (Å²) in [7, 11) is 0. The van der Waals surface area contributed by atoms with Gasteiger partial charge in [0.25, 0.3) is 0 Å². The van der Waals surface area contributed by atoms with Crippen LogP contribution in [0.4, 0.5) is 0 Å². The number of aliphatic hydroxyl groups excluding tert-OH is 1. The maximum absolute atomic E-state index is 12.1. The molecule has 0 aromatic rings. The molecule has 0 radical (unpaired) electrons. The Balaban J connectivity index is 1.72. The van der Waals surface area contributed by atoms with Gasteiger partial charge in [-0.2, -0.15) is 11.8 Å². The van der Waals surface area contributed by atoms with Crippen LogP contribution < -0.4 is 0 Å². The molecule has 0 aliphatic heterocycles. The molecular weight excluding hydrogens is 332 g/mol. The van der Waals surface area contributed by atoms with Crippen LogP contribution in [0.1, 0.15) is 65.2 Å². The fourth-order valence-electron chi connectivity index (χ4n) is 8.15. The zero-order valence-corrected chi connectivity index (χ0v) is 16.8. The van der Waals surface area contributed by atoms with E-state index in [1.54, 1.807) is 0 Å². The third-order valence-corrected chi connectivity index (χ3v) is 10.1. The molecule has 0 unspecified atom stereocenters. The first-order chi connectivity index (χ1) is 11.8. The van der Waals surface area contributed by atoms with Crippen LogP contribution in [0.2, 0.25) is 0 Å². The Hall–Kier alpha value is -0.220. The second-order valence-corrected chi connectivity index (χ2v) is 11.0. The Morgan fingerprint density at radius 2 is 1.84 bits per heavy atom. The quantitative estimate of drug-likeness (QED) is 0.775. The average molecular weight is 367 g/mol. The van der Waals surface area contributed by atoms with Crippen molar-refractivity contribution >= 4 is 17.7 Å². The maximum atomic E-state index is 12.1. The van der Waals surface area contributed by atoms with E-state index in [1.165, 1.54) is 19.3 Å². The minimum Gasteiger partial charge on any atom is -0.481 e. The molecule has 8 atom stereocenters. The van der Waals surface area contributed by atoms with E-state index in [-0.39, 0.29) is 22.9 Å². The molecular formula is C21H34O3S. The number of aliphatic hydroxyl groups is 1. The fraction of sp³-hybridized carbons (Fsp3) is 0.952. The van der Waals surface area contributed by atoms with Gasteiger partial charge in [0.2, 0.25) is 0 Å². The van der Waals surface area contributed by atoms with Gasteiger partial charge in [0, 0.05) is 0 Å². The standard InChI is InChI=1S/C21H34O3S/c1-19-7-4-8-20(2,18(23)24)15(19)6-10-21-9-5-13(11-16(19)21)14(12-25-3)17(21)22/h13-17,22H,4-12H2,1-3H3,(H,23,24)/t13-,14+,15-,16-,17-,19+,20+,21-/m0/s1. The second kappa shape index (κ2) is 5.89. The number of carboxylic acids is 1. The molecule has 4 heteroatoms. The third-order valence-electron chi connectivity index (χ3n) is 9.33. The Kier molecular flexibility index (Phi) is 4.28. The van der Waals surface area contributed by atoms with Crippen molar-refractivity contribution in [2.24, 2.45) is 39.9 Å². The van der Waals surface area contributed by atoms with E-state index in [0.717, 1.165) is 37.9 Å². The van der Waals surface area contributed by atoms with Gasteiger partial charge in [-0.1, -0.05) is 13.3 Å². The molecule has 2 bridgehead atoms. The predicted molar refractivity (Wildman–Crippen MR) is 102 cm³/mol. The van der Waals surface area contributed by atoms with Crippen molar-refractivity contribution in [3.05, 3.63) is 0 Å². The van der Waals surface area contributed by atoms with Gasteiger partial charge in [0.15, 0.2) is 0 Å². The Bertz CT molecular complexity index is 565. The number of carbonyl (C=O) groups is 1. The molecule has 0 amide bonds. The summed E-state index contributed by atoms with van der Waals surface area (Å²) in [6.45, 7) is 4.39. The molecule has 2 N–H and O–H groups in total. The van der Waals surface area contributed by atoms with Gasteiger partial charge in [-0.3, -0.25) is 4.79 Å². The fourth-order valence-corrected chi connectivity index (χ4v) is 8.99. The minimum absolute atomic E-state index is 0.0666. The van der Waals surface area contributed by atoms with E-state index >= 15 is 0 Å². The van der Waals surface area contributed by atoms with Crippen LogP contribution in [0.3, 0.4) is 0 Å². The lowest BCUT2D eigenvalue weighted by Crippen LogP contribution is -2.67. The molecule has 0 aromatic carbocycles. The van der Waals surface area contributed by atoms with Gasteiger partial charge < -0.3 is 10.2 Å². The Morgan fingerprint density at radius 3 is 2.52 bits per heavy atom. The first kappa shape index (κ1) is 18.2. The Morgan fingerprint density at radius 1 is 1.12 bits per heavy atom. The van der Waals surface area contributed by atoms with Crippen LogP contribution in [-0.4, -0.2) is 34.3 Å². The van der Waals surface area contributed by atoms with Gasteiger partial charge in [0.1, 0.15) is 0 Å². The lowest BCUT2D eigenvalue weighted by atomic mass is 9.35. The molecule has 5 saturated carbocycles. The second-order valence-electron chi connectivity index (χ2n) is 10.1. The van der Waals surface area contributed by atoms with Crippen molar-refractivity contribution < 1.29 is 15.0 Å². The van der Waals surface area contributed by atoms with Crippen molar-refractivity contribution in [1.82, 2.24) is 0 Å². The van der Waals surface area contributed by atoms with E-state index < -0.39 is 11.4 Å². The van der Waals surface area contributed by atoms with Gasteiger partial charge in [0.05, 0.1) is 11.5 Å². The van der Waals surface area contributed by atoms with E-state index in [1.807, 2.05) is 18.7 Å². The lowest BCUT2D eigenvalue weighted by molar-refractivity contribution is -0.241. The van der Waals surface area contributed by atoms with E-state index in [2.05, 4.69) is 13.2 Å². The summed E-state index contributed by atoms with van der Waals surface area (Å²) in [5.41, 5.74) is -0.417. The number of hydrogen-bond donors (Lipinski definition) is 2. The van der Waals surface area contributed by atoms with E-state index in [9.17, 15) is 15.0 Å². The minimum atomic E-state index is -0.596. The molecule has 1 spiro atoms.